The summed E-state index contributed by atoms with van der Waals surface area (Å²) in [7, 11) is 1.97. The van der Waals surface area contributed by atoms with E-state index in [9.17, 15) is 4.79 Å². The van der Waals surface area contributed by atoms with E-state index in [0.717, 1.165) is 21.7 Å². The van der Waals surface area contributed by atoms with E-state index in [2.05, 4.69) is 26.1 Å². The third-order valence-electron chi connectivity index (χ3n) is 3.48. The molecule has 0 unspecified atom stereocenters. The average molecular weight is 323 g/mol. The van der Waals surface area contributed by atoms with Crippen LogP contribution in [-0.4, -0.2) is 19.3 Å². The third-order valence-corrected chi connectivity index (χ3v) is 3.92. The molecule has 6 heteroatoms. The zero-order chi connectivity index (χ0) is 13.6. The number of aryl methyl sites for hydroxylation is 1. The van der Waals surface area contributed by atoms with Gasteiger partial charge in [0.05, 0.1) is 6.54 Å². The quantitative estimate of drug-likeness (QED) is 0.868. The predicted molar refractivity (Wildman–Crippen MR) is 75.2 cm³/mol. The summed E-state index contributed by atoms with van der Waals surface area (Å²) in [6.07, 6.45) is 4.19. The highest BCUT2D eigenvalue weighted by Gasteiger charge is 2.29. The van der Waals surface area contributed by atoms with Crippen LogP contribution in [-0.2, 0) is 13.6 Å². The summed E-state index contributed by atoms with van der Waals surface area (Å²) < 4.78 is 4.58. The molecule has 1 saturated carbocycles. The second kappa shape index (κ2) is 4.59. The van der Waals surface area contributed by atoms with Crippen LogP contribution >= 0.6 is 15.9 Å². The van der Waals surface area contributed by atoms with Crippen molar-refractivity contribution in [2.45, 2.75) is 32.2 Å². The Morgan fingerprint density at radius 2 is 2.16 bits per heavy atom. The summed E-state index contributed by atoms with van der Waals surface area (Å²) in [6.45, 7) is 2.27. The molecule has 1 aliphatic rings. The first-order valence-corrected chi connectivity index (χ1v) is 7.10. The minimum absolute atomic E-state index is 0.0131. The normalized spacial score (nSPS) is 14.9. The summed E-state index contributed by atoms with van der Waals surface area (Å²) in [4.78, 5) is 12.1. The van der Waals surface area contributed by atoms with Gasteiger partial charge in [-0.2, -0.15) is 0 Å². The molecule has 1 aliphatic carbocycles. The third kappa shape index (κ3) is 2.36. The Kier molecular flexibility index (Phi) is 3.05. The summed E-state index contributed by atoms with van der Waals surface area (Å²) >= 11 is 3.41. The van der Waals surface area contributed by atoms with Crippen molar-refractivity contribution in [1.82, 2.24) is 19.3 Å². The van der Waals surface area contributed by atoms with Crippen LogP contribution in [0.5, 0.6) is 0 Å². The van der Waals surface area contributed by atoms with E-state index in [1.165, 1.54) is 12.8 Å². The molecule has 0 radical (unpaired) electrons. The van der Waals surface area contributed by atoms with Gasteiger partial charge in [0, 0.05) is 29.2 Å². The molecule has 0 N–H and O–H groups in total. The Labute approximate surface area is 119 Å². The van der Waals surface area contributed by atoms with Gasteiger partial charge in [0.1, 0.15) is 5.82 Å². The fourth-order valence-corrected chi connectivity index (χ4v) is 2.81. The van der Waals surface area contributed by atoms with Crippen LogP contribution in [0, 0.1) is 6.92 Å². The highest BCUT2D eigenvalue weighted by Crippen LogP contribution is 2.38. The van der Waals surface area contributed by atoms with Crippen molar-refractivity contribution in [3.63, 3.8) is 0 Å². The predicted octanol–water partition coefficient (Wildman–Crippen LogP) is 1.97. The Hall–Kier alpha value is -1.43. The zero-order valence-corrected chi connectivity index (χ0v) is 12.5. The molecule has 100 valence electrons. The molecule has 0 amide bonds. The summed E-state index contributed by atoms with van der Waals surface area (Å²) in [5.41, 5.74) is 0.734. The van der Waals surface area contributed by atoms with Crippen LogP contribution in [0.15, 0.2) is 21.5 Å². The van der Waals surface area contributed by atoms with Crippen molar-refractivity contribution in [3.05, 3.63) is 44.3 Å². The van der Waals surface area contributed by atoms with E-state index in [1.807, 2.05) is 24.6 Å². The molecule has 0 aliphatic heterocycles. The molecule has 2 aromatic rings. The lowest BCUT2D eigenvalue weighted by molar-refractivity contribution is 0.661. The second-order valence-electron chi connectivity index (χ2n) is 5.08. The fourth-order valence-electron chi connectivity index (χ4n) is 2.22. The maximum absolute atomic E-state index is 12.1. The van der Waals surface area contributed by atoms with Gasteiger partial charge in [-0.15, -0.1) is 10.2 Å². The zero-order valence-electron chi connectivity index (χ0n) is 10.9. The van der Waals surface area contributed by atoms with Crippen LogP contribution in [0.1, 0.15) is 36.0 Å². The second-order valence-corrected chi connectivity index (χ2v) is 6.00. The molecule has 0 bridgehead atoms. The van der Waals surface area contributed by atoms with Crippen molar-refractivity contribution >= 4 is 15.9 Å². The van der Waals surface area contributed by atoms with Gasteiger partial charge in [-0.25, -0.2) is 0 Å². The molecule has 2 heterocycles. The smallest absolute Gasteiger partial charge is 0.253 e. The SMILES string of the molecule is Cc1cc(Br)cn(Cc2nnc(C3CC3)n2C)c1=O. The lowest BCUT2D eigenvalue weighted by atomic mass is 10.3. The van der Waals surface area contributed by atoms with Gasteiger partial charge in [0.2, 0.25) is 0 Å². The summed E-state index contributed by atoms with van der Waals surface area (Å²) in [6, 6.07) is 1.82. The molecule has 0 saturated heterocycles. The first-order valence-electron chi connectivity index (χ1n) is 6.31. The van der Waals surface area contributed by atoms with Gasteiger partial charge < -0.3 is 9.13 Å². The number of pyridine rings is 1. The van der Waals surface area contributed by atoms with E-state index in [-0.39, 0.29) is 5.56 Å². The van der Waals surface area contributed by atoms with Crippen LogP contribution < -0.4 is 5.56 Å². The van der Waals surface area contributed by atoms with Crippen LogP contribution in [0.3, 0.4) is 0 Å². The van der Waals surface area contributed by atoms with Crippen molar-refractivity contribution < 1.29 is 0 Å². The Morgan fingerprint density at radius 3 is 2.84 bits per heavy atom. The maximum Gasteiger partial charge on any atom is 0.253 e. The summed E-state index contributed by atoms with van der Waals surface area (Å²) in [5, 5.41) is 8.44. The molecular weight excluding hydrogens is 308 g/mol. The van der Waals surface area contributed by atoms with Crippen molar-refractivity contribution in [3.8, 4) is 0 Å². The van der Waals surface area contributed by atoms with Gasteiger partial charge in [-0.1, -0.05) is 0 Å². The number of rotatable bonds is 3. The molecule has 19 heavy (non-hydrogen) atoms. The van der Waals surface area contributed by atoms with Gasteiger partial charge in [0.25, 0.3) is 5.56 Å². The van der Waals surface area contributed by atoms with Gasteiger partial charge in [0.15, 0.2) is 5.82 Å². The van der Waals surface area contributed by atoms with E-state index in [0.29, 0.717) is 12.5 Å². The largest absolute Gasteiger partial charge is 0.316 e. The molecule has 1 fully saturated rings. The van der Waals surface area contributed by atoms with Gasteiger partial charge >= 0.3 is 0 Å². The van der Waals surface area contributed by atoms with Gasteiger partial charge in [-0.05, 0) is 41.8 Å². The molecule has 0 spiro atoms. The molecule has 0 atom stereocenters. The number of nitrogens with zero attached hydrogens (tertiary/aromatic N) is 4. The van der Waals surface area contributed by atoms with E-state index < -0.39 is 0 Å². The first-order chi connectivity index (χ1) is 9.06. The van der Waals surface area contributed by atoms with Crippen LogP contribution in [0.25, 0.3) is 0 Å². The molecule has 2 aromatic heterocycles. The van der Waals surface area contributed by atoms with Crippen molar-refractivity contribution in [1.29, 1.82) is 0 Å². The number of halogens is 1. The minimum atomic E-state index is 0.0131. The molecule has 0 aromatic carbocycles. The lowest BCUT2D eigenvalue weighted by Gasteiger charge is -2.08. The number of hydrogen-bond donors (Lipinski definition) is 0. The molecule has 5 nitrogen and oxygen atoms in total. The van der Waals surface area contributed by atoms with E-state index >= 15 is 0 Å². The average Bonchev–Trinajstić information content (AvgIpc) is 3.13. The highest BCUT2D eigenvalue weighted by atomic mass is 79.9. The summed E-state index contributed by atoms with van der Waals surface area (Å²) in [5.74, 6) is 2.42. The maximum atomic E-state index is 12.1. The van der Waals surface area contributed by atoms with Crippen LogP contribution in [0.2, 0.25) is 0 Å². The first kappa shape index (κ1) is 12.6. The van der Waals surface area contributed by atoms with Crippen molar-refractivity contribution in [2.24, 2.45) is 7.05 Å². The number of aromatic nitrogens is 4. The van der Waals surface area contributed by atoms with E-state index in [4.69, 9.17) is 0 Å². The standard InChI is InChI=1S/C13H15BrN4O/c1-8-5-10(14)6-18(13(8)19)7-11-15-16-12(17(11)2)9-3-4-9/h5-6,9H,3-4,7H2,1-2H3. The molecule has 3 rings (SSSR count). The fraction of sp³-hybridized carbons (Fsp3) is 0.462. The topological polar surface area (TPSA) is 52.7 Å². The number of hydrogen-bond acceptors (Lipinski definition) is 3. The Morgan fingerprint density at radius 1 is 1.42 bits per heavy atom. The van der Waals surface area contributed by atoms with Crippen molar-refractivity contribution in [2.75, 3.05) is 0 Å². The monoisotopic (exact) mass is 322 g/mol. The van der Waals surface area contributed by atoms with Gasteiger partial charge in [-0.3, -0.25) is 4.79 Å². The van der Waals surface area contributed by atoms with Crippen LogP contribution in [0.4, 0.5) is 0 Å². The Bertz CT molecular complexity index is 684. The lowest BCUT2D eigenvalue weighted by Crippen LogP contribution is -2.23. The molecular formula is C13H15BrN4O. The minimum Gasteiger partial charge on any atom is -0.316 e. The Balaban J connectivity index is 1.95. The van der Waals surface area contributed by atoms with E-state index in [1.54, 1.807) is 10.8 Å². The highest BCUT2D eigenvalue weighted by molar-refractivity contribution is 9.10.